The van der Waals surface area contributed by atoms with Crippen LogP contribution >= 0.6 is 0 Å². The van der Waals surface area contributed by atoms with E-state index in [2.05, 4.69) is 17.4 Å². The third kappa shape index (κ3) is 5.61. The summed E-state index contributed by atoms with van der Waals surface area (Å²) in [7, 11) is 1.61. The third-order valence-corrected chi connectivity index (χ3v) is 3.77. The summed E-state index contributed by atoms with van der Waals surface area (Å²) in [5.41, 5.74) is 1.28. The standard InChI is InChI=1S/C20H25NO3/c1-3-19(24-18-13-7-12-17(15-18)23-2)20(22)21-14-8-11-16-9-5-4-6-10-16/h4-7,9-10,12-13,15,19H,3,8,11,14H2,1-2H3,(H,21,22)/t19-/m1/s1. The third-order valence-electron chi connectivity index (χ3n) is 3.77. The monoisotopic (exact) mass is 327 g/mol. The van der Waals surface area contributed by atoms with Crippen molar-refractivity contribution in [2.75, 3.05) is 13.7 Å². The van der Waals surface area contributed by atoms with Crippen molar-refractivity contribution in [2.45, 2.75) is 32.3 Å². The Morgan fingerprint density at radius 3 is 2.54 bits per heavy atom. The van der Waals surface area contributed by atoms with Gasteiger partial charge in [-0.05, 0) is 37.0 Å². The van der Waals surface area contributed by atoms with E-state index < -0.39 is 6.10 Å². The van der Waals surface area contributed by atoms with Crippen molar-refractivity contribution in [2.24, 2.45) is 0 Å². The van der Waals surface area contributed by atoms with Gasteiger partial charge in [-0.1, -0.05) is 43.3 Å². The average Bonchev–Trinajstić information content (AvgIpc) is 2.64. The van der Waals surface area contributed by atoms with Gasteiger partial charge >= 0.3 is 0 Å². The number of benzene rings is 2. The summed E-state index contributed by atoms with van der Waals surface area (Å²) in [6.45, 7) is 2.58. The predicted molar refractivity (Wildman–Crippen MR) is 95.5 cm³/mol. The first-order valence-electron chi connectivity index (χ1n) is 8.35. The molecule has 2 aromatic carbocycles. The topological polar surface area (TPSA) is 47.6 Å². The molecular weight excluding hydrogens is 302 g/mol. The molecule has 0 saturated heterocycles. The van der Waals surface area contributed by atoms with Gasteiger partial charge in [0.05, 0.1) is 7.11 Å². The Morgan fingerprint density at radius 1 is 1.08 bits per heavy atom. The zero-order chi connectivity index (χ0) is 17.2. The largest absolute Gasteiger partial charge is 0.497 e. The molecule has 128 valence electrons. The van der Waals surface area contributed by atoms with Gasteiger partial charge in [-0.15, -0.1) is 0 Å². The predicted octanol–water partition coefficient (Wildman–Crippen LogP) is 3.60. The highest BCUT2D eigenvalue weighted by Crippen LogP contribution is 2.20. The van der Waals surface area contributed by atoms with E-state index in [9.17, 15) is 4.79 Å². The highest BCUT2D eigenvalue weighted by atomic mass is 16.5. The molecule has 0 bridgehead atoms. The molecule has 0 spiro atoms. The smallest absolute Gasteiger partial charge is 0.261 e. The lowest BCUT2D eigenvalue weighted by Gasteiger charge is -2.17. The van der Waals surface area contributed by atoms with Gasteiger partial charge in [0.15, 0.2) is 6.10 Å². The molecule has 0 saturated carbocycles. The van der Waals surface area contributed by atoms with Crippen LogP contribution < -0.4 is 14.8 Å². The number of amides is 1. The van der Waals surface area contributed by atoms with Gasteiger partial charge in [0.25, 0.3) is 5.91 Å². The molecule has 1 amide bonds. The van der Waals surface area contributed by atoms with Gasteiger partial charge in [-0.25, -0.2) is 0 Å². The molecule has 1 atom stereocenters. The molecule has 4 nitrogen and oxygen atoms in total. The molecule has 1 N–H and O–H groups in total. The molecule has 4 heteroatoms. The van der Waals surface area contributed by atoms with Crippen LogP contribution in [-0.2, 0) is 11.2 Å². The lowest BCUT2D eigenvalue weighted by atomic mass is 10.1. The molecule has 0 aromatic heterocycles. The first-order chi connectivity index (χ1) is 11.7. The van der Waals surface area contributed by atoms with Crippen molar-refractivity contribution in [3.05, 3.63) is 60.2 Å². The lowest BCUT2D eigenvalue weighted by Crippen LogP contribution is -2.38. The van der Waals surface area contributed by atoms with Crippen LogP contribution in [0.1, 0.15) is 25.3 Å². The SMILES string of the molecule is CC[C@@H](Oc1cccc(OC)c1)C(=O)NCCCc1ccccc1. The van der Waals surface area contributed by atoms with Gasteiger partial charge in [0.1, 0.15) is 11.5 Å². The molecule has 0 aliphatic rings. The zero-order valence-corrected chi connectivity index (χ0v) is 14.3. The number of hydrogen-bond donors (Lipinski definition) is 1. The van der Waals surface area contributed by atoms with Crippen molar-refractivity contribution < 1.29 is 14.3 Å². The number of hydrogen-bond acceptors (Lipinski definition) is 3. The first kappa shape index (κ1) is 17.9. The fourth-order valence-corrected chi connectivity index (χ4v) is 2.42. The van der Waals surface area contributed by atoms with Gasteiger partial charge in [0.2, 0.25) is 0 Å². The maximum Gasteiger partial charge on any atom is 0.261 e. The number of carbonyl (C=O) groups is 1. The Labute approximate surface area is 143 Å². The molecule has 0 aliphatic heterocycles. The van der Waals surface area contributed by atoms with Crippen molar-refractivity contribution in [3.8, 4) is 11.5 Å². The minimum Gasteiger partial charge on any atom is -0.497 e. The van der Waals surface area contributed by atoms with Gasteiger partial charge in [-0.3, -0.25) is 4.79 Å². The highest BCUT2D eigenvalue weighted by Gasteiger charge is 2.17. The van der Waals surface area contributed by atoms with E-state index in [1.54, 1.807) is 13.2 Å². The average molecular weight is 327 g/mol. The number of nitrogens with one attached hydrogen (secondary N) is 1. The second-order valence-electron chi connectivity index (χ2n) is 5.57. The molecule has 2 aromatic rings. The highest BCUT2D eigenvalue weighted by molar-refractivity contribution is 5.81. The zero-order valence-electron chi connectivity index (χ0n) is 14.3. The maximum absolute atomic E-state index is 12.3. The number of aryl methyl sites for hydroxylation is 1. The van der Waals surface area contributed by atoms with Crippen LogP contribution in [0.3, 0.4) is 0 Å². The van der Waals surface area contributed by atoms with E-state index in [4.69, 9.17) is 9.47 Å². The van der Waals surface area contributed by atoms with E-state index in [1.165, 1.54) is 5.56 Å². The second-order valence-corrected chi connectivity index (χ2v) is 5.57. The Hall–Kier alpha value is -2.49. The number of methoxy groups -OCH3 is 1. The fourth-order valence-electron chi connectivity index (χ4n) is 2.42. The van der Waals surface area contributed by atoms with E-state index in [0.29, 0.717) is 24.5 Å². The maximum atomic E-state index is 12.3. The van der Waals surface area contributed by atoms with E-state index >= 15 is 0 Å². The minimum absolute atomic E-state index is 0.0756. The van der Waals surface area contributed by atoms with Gasteiger partial charge < -0.3 is 14.8 Å². The van der Waals surface area contributed by atoms with Crippen LogP contribution in [-0.4, -0.2) is 25.7 Å². The van der Waals surface area contributed by atoms with Crippen molar-refractivity contribution >= 4 is 5.91 Å². The Morgan fingerprint density at radius 2 is 1.83 bits per heavy atom. The van der Waals surface area contributed by atoms with Crippen LogP contribution in [0.5, 0.6) is 11.5 Å². The Bertz CT molecular complexity index is 628. The summed E-state index contributed by atoms with van der Waals surface area (Å²) in [6, 6.07) is 17.6. The lowest BCUT2D eigenvalue weighted by molar-refractivity contribution is -0.128. The summed E-state index contributed by atoms with van der Waals surface area (Å²) in [5, 5.41) is 2.96. The second kappa shape index (κ2) is 9.60. The van der Waals surface area contributed by atoms with Gasteiger partial charge in [-0.2, -0.15) is 0 Å². The first-order valence-corrected chi connectivity index (χ1v) is 8.35. The van der Waals surface area contributed by atoms with Crippen molar-refractivity contribution in [1.82, 2.24) is 5.32 Å². The molecule has 24 heavy (non-hydrogen) atoms. The molecule has 0 fully saturated rings. The fraction of sp³-hybridized carbons (Fsp3) is 0.350. The molecule has 0 aliphatic carbocycles. The van der Waals surface area contributed by atoms with Crippen LogP contribution in [0.15, 0.2) is 54.6 Å². The van der Waals surface area contributed by atoms with Crippen molar-refractivity contribution in [3.63, 3.8) is 0 Å². The summed E-state index contributed by atoms with van der Waals surface area (Å²) in [4.78, 5) is 12.3. The van der Waals surface area contributed by atoms with Crippen LogP contribution in [0, 0.1) is 0 Å². The van der Waals surface area contributed by atoms with Crippen LogP contribution in [0.4, 0.5) is 0 Å². The summed E-state index contributed by atoms with van der Waals surface area (Å²) < 4.78 is 11.0. The summed E-state index contributed by atoms with van der Waals surface area (Å²) in [5.74, 6) is 1.28. The van der Waals surface area contributed by atoms with Crippen LogP contribution in [0.25, 0.3) is 0 Å². The molecule has 2 rings (SSSR count). The summed E-state index contributed by atoms with van der Waals surface area (Å²) in [6.07, 6.45) is 1.98. The van der Waals surface area contributed by atoms with Crippen LogP contribution in [0.2, 0.25) is 0 Å². The molecule has 0 heterocycles. The number of carbonyl (C=O) groups excluding carboxylic acids is 1. The molecule has 0 unspecified atom stereocenters. The normalized spacial score (nSPS) is 11.6. The summed E-state index contributed by atoms with van der Waals surface area (Å²) >= 11 is 0. The number of rotatable bonds is 9. The van der Waals surface area contributed by atoms with E-state index in [1.807, 2.05) is 43.3 Å². The Balaban J connectivity index is 1.78. The quantitative estimate of drug-likeness (QED) is 0.716. The Kier molecular flexibility index (Phi) is 7.15. The number of ether oxygens (including phenoxy) is 2. The minimum atomic E-state index is -0.492. The molecular formula is C20H25NO3. The van der Waals surface area contributed by atoms with E-state index in [0.717, 1.165) is 12.8 Å². The molecule has 0 radical (unpaired) electrons. The van der Waals surface area contributed by atoms with Gasteiger partial charge in [0, 0.05) is 12.6 Å². The van der Waals surface area contributed by atoms with E-state index in [-0.39, 0.29) is 5.91 Å². The van der Waals surface area contributed by atoms with Crippen molar-refractivity contribution in [1.29, 1.82) is 0 Å².